The van der Waals surface area contributed by atoms with Crippen molar-refractivity contribution in [3.05, 3.63) is 35.2 Å². The molecule has 1 N–H and O–H groups in total. The summed E-state index contributed by atoms with van der Waals surface area (Å²) in [5, 5.41) is 7.91. The van der Waals surface area contributed by atoms with Crippen LogP contribution in [-0.4, -0.2) is 37.0 Å². The minimum atomic E-state index is -5.67. The highest BCUT2D eigenvalue weighted by Crippen LogP contribution is 2.36. The van der Waals surface area contributed by atoms with E-state index in [0.29, 0.717) is 24.5 Å². The number of sulfonamides is 1. The maximum atomic E-state index is 13.0. The van der Waals surface area contributed by atoms with Crippen LogP contribution in [0.15, 0.2) is 34.8 Å². The molecular weight excluding hydrogens is 481 g/mol. The third-order valence-electron chi connectivity index (χ3n) is 4.66. The molecule has 1 aromatic carbocycles. The smallest absolute Gasteiger partial charge is 0.371 e. The van der Waals surface area contributed by atoms with Gasteiger partial charge in [-0.15, -0.1) is 10.2 Å². The molecule has 2 rings (SSSR count). The van der Waals surface area contributed by atoms with E-state index in [2.05, 4.69) is 20.2 Å². The molecular formula is C20H26ClF3N6O2S. The third-order valence-corrected chi connectivity index (χ3v) is 6.20. The van der Waals surface area contributed by atoms with E-state index in [4.69, 9.17) is 11.6 Å². The fraction of sp³-hybridized carbons (Fsp3) is 0.500. The first-order valence-electron chi connectivity index (χ1n) is 10.4. The SMILES string of the molecule is CCCCN(CCCC)c1ccc(N=Nc2ncnc(C)c2Cl)c(NS(=O)(=O)C(F)(F)F)c1. The van der Waals surface area contributed by atoms with E-state index >= 15 is 0 Å². The van der Waals surface area contributed by atoms with Gasteiger partial charge in [-0.3, -0.25) is 4.72 Å². The van der Waals surface area contributed by atoms with Gasteiger partial charge < -0.3 is 4.90 Å². The zero-order chi connectivity index (χ0) is 24.6. The number of rotatable bonds is 11. The lowest BCUT2D eigenvalue weighted by Gasteiger charge is -2.25. The number of alkyl halides is 3. The first kappa shape index (κ1) is 26.8. The zero-order valence-corrected chi connectivity index (χ0v) is 20.1. The van der Waals surface area contributed by atoms with Crippen LogP contribution in [0.2, 0.25) is 5.02 Å². The Morgan fingerprint density at radius 2 is 1.73 bits per heavy atom. The van der Waals surface area contributed by atoms with E-state index in [1.165, 1.54) is 18.5 Å². The van der Waals surface area contributed by atoms with Gasteiger partial charge in [0.25, 0.3) is 0 Å². The van der Waals surface area contributed by atoms with Gasteiger partial charge in [-0.1, -0.05) is 38.3 Å². The maximum Gasteiger partial charge on any atom is 0.516 e. The summed E-state index contributed by atoms with van der Waals surface area (Å²) in [6.45, 7) is 7.05. The number of nitrogens with zero attached hydrogens (tertiary/aromatic N) is 5. The lowest BCUT2D eigenvalue weighted by atomic mass is 10.2. The Hall–Kier alpha value is -2.47. The maximum absolute atomic E-state index is 13.0. The number of benzene rings is 1. The Kier molecular flexibility index (Phi) is 9.41. The standard InChI is InChI=1S/C20H26ClF3N6O2S/c1-4-6-10-30(11-7-5-2)15-8-9-16(17(12-15)29-33(31,32)20(22,23)24)27-28-19-18(21)14(3)25-13-26-19/h8-9,12-13,29H,4-7,10-11H2,1-3H3. The predicted molar refractivity (Wildman–Crippen MR) is 123 cm³/mol. The number of azo groups is 1. The highest BCUT2D eigenvalue weighted by Gasteiger charge is 2.46. The minimum absolute atomic E-state index is 0.00499. The predicted octanol–water partition coefficient (Wildman–Crippen LogP) is 6.52. The van der Waals surface area contributed by atoms with Crippen LogP contribution >= 0.6 is 11.6 Å². The van der Waals surface area contributed by atoms with Gasteiger partial charge in [-0.2, -0.15) is 21.6 Å². The molecule has 0 spiro atoms. The molecule has 0 saturated heterocycles. The molecule has 0 unspecified atom stereocenters. The van der Waals surface area contributed by atoms with E-state index in [0.717, 1.165) is 25.7 Å². The number of aromatic nitrogens is 2. The van der Waals surface area contributed by atoms with Crippen molar-refractivity contribution >= 4 is 44.5 Å². The molecule has 0 atom stereocenters. The van der Waals surface area contributed by atoms with Crippen LogP contribution in [0.5, 0.6) is 0 Å². The van der Waals surface area contributed by atoms with Crippen LogP contribution in [0.1, 0.15) is 45.2 Å². The van der Waals surface area contributed by atoms with Crippen molar-refractivity contribution in [3.8, 4) is 0 Å². The number of hydrogen-bond acceptors (Lipinski definition) is 7. The van der Waals surface area contributed by atoms with Crippen LogP contribution < -0.4 is 9.62 Å². The van der Waals surface area contributed by atoms with Gasteiger partial charge in [0.05, 0.1) is 11.4 Å². The quantitative estimate of drug-likeness (QED) is 0.349. The summed E-state index contributed by atoms with van der Waals surface area (Å²) in [5.74, 6) is 0.00499. The van der Waals surface area contributed by atoms with E-state index in [-0.39, 0.29) is 22.2 Å². The molecule has 2 aromatic rings. The van der Waals surface area contributed by atoms with Gasteiger partial charge in [0.15, 0.2) is 5.82 Å². The summed E-state index contributed by atoms with van der Waals surface area (Å²) >= 11 is 6.08. The van der Waals surface area contributed by atoms with Crippen molar-refractivity contribution in [1.29, 1.82) is 0 Å². The highest BCUT2D eigenvalue weighted by atomic mass is 35.5. The number of hydrogen-bond donors (Lipinski definition) is 1. The summed E-state index contributed by atoms with van der Waals surface area (Å²) in [7, 11) is -5.67. The molecule has 0 saturated carbocycles. The Labute approximate surface area is 196 Å². The lowest BCUT2D eigenvalue weighted by Crippen LogP contribution is -2.30. The average molecular weight is 507 g/mol. The Morgan fingerprint density at radius 1 is 1.09 bits per heavy atom. The fourth-order valence-electron chi connectivity index (χ4n) is 2.78. The second kappa shape index (κ2) is 11.6. The van der Waals surface area contributed by atoms with Crippen molar-refractivity contribution in [2.45, 2.75) is 52.0 Å². The van der Waals surface area contributed by atoms with Crippen molar-refractivity contribution in [2.75, 3.05) is 22.7 Å². The molecule has 33 heavy (non-hydrogen) atoms. The Balaban J connectivity index is 2.51. The van der Waals surface area contributed by atoms with Crippen molar-refractivity contribution < 1.29 is 21.6 Å². The number of nitrogens with one attached hydrogen (secondary N) is 1. The summed E-state index contributed by atoms with van der Waals surface area (Å²) in [6.07, 6.45) is 4.83. The molecule has 0 aliphatic heterocycles. The number of aryl methyl sites for hydroxylation is 1. The molecule has 0 aliphatic carbocycles. The Bertz CT molecular complexity index is 1070. The van der Waals surface area contributed by atoms with Gasteiger partial charge in [0.2, 0.25) is 0 Å². The summed E-state index contributed by atoms with van der Waals surface area (Å²) in [5.41, 5.74) is -4.95. The Morgan fingerprint density at radius 3 is 2.30 bits per heavy atom. The van der Waals surface area contributed by atoms with E-state index < -0.39 is 15.5 Å². The molecule has 0 fully saturated rings. The number of unbranched alkanes of at least 4 members (excludes halogenated alkanes) is 2. The topological polar surface area (TPSA) is 99.9 Å². The molecule has 0 radical (unpaired) electrons. The van der Waals surface area contributed by atoms with Crippen LogP contribution in [0.4, 0.5) is 36.1 Å². The van der Waals surface area contributed by atoms with Crippen LogP contribution in [0.25, 0.3) is 0 Å². The molecule has 1 aromatic heterocycles. The van der Waals surface area contributed by atoms with Crippen molar-refractivity contribution in [1.82, 2.24) is 9.97 Å². The van der Waals surface area contributed by atoms with E-state index in [9.17, 15) is 21.6 Å². The summed E-state index contributed by atoms with van der Waals surface area (Å²) in [6, 6.07) is 4.40. The van der Waals surface area contributed by atoms with Crippen molar-refractivity contribution in [2.24, 2.45) is 10.2 Å². The zero-order valence-electron chi connectivity index (χ0n) is 18.5. The van der Waals surface area contributed by atoms with E-state index in [1.807, 2.05) is 18.7 Å². The molecule has 1 heterocycles. The second-order valence-corrected chi connectivity index (χ2v) is 9.30. The molecule has 0 amide bonds. The van der Waals surface area contributed by atoms with Gasteiger partial charge in [0.1, 0.15) is 17.0 Å². The minimum Gasteiger partial charge on any atom is -0.371 e. The van der Waals surface area contributed by atoms with Gasteiger partial charge >= 0.3 is 15.5 Å². The summed E-state index contributed by atoms with van der Waals surface area (Å²) < 4.78 is 64.3. The van der Waals surface area contributed by atoms with Gasteiger partial charge in [-0.25, -0.2) is 9.97 Å². The third kappa shape index (κ3) is 7.26. The van der Waals surface area contributed by atoms with E-state index in [1.54, 1.807) is 17.7 Å². The monoisotopic (exact) mass is 506 g/mol. The molecule has 13 heteroatoms. The van der Waals surface area contributed by atoms with Crippen LogP contribution in [0, 0.1) is 6.92 Å². The molecule has 182 valence electrons. The molecule has 8 nitrogen and oxygen atoms in total. The number of anilines is 2. The second-order valence-electron chi connectivity index (χ2n) is 7.24. The van der Waals surface area contributed by atoms with Gasteiger partial charge in [-0.05, 0) is 38.0 Å². The largest absolute Gasteiger partial charge is 0.516 e. The fourth-order valence-corrected chi connectivity index (χ4v) is 3.48. The molecule has 0 aliphatic rings. The first-order chi connectivity index (χ1) is 15.5. The van der Waals surface area contributed by atoms with Crippen LogP contribution in [0.3, 0.4) is 0 Å². The van der Waals surface area contributed by atoms with Crippen molar-refractivity contribution in [3.63, 3.8) is 0 Å². The first-order valence-corrected chi connectivity index (χ1v) is 12.2. The van der Waals surface area contributed by atoms with Crippen LogP contribution in [-0.2, 0) is 10.0 Å². The molecule has 0 bridgehead atoms. The normalized spacial score (nSPS) is 12.3. The average Bonchev–Trinajstić information content (AvgIpc) is 2.74. The van der Waals surface area contributed by atoms with Gasteiger partial charge in [0, 0.05) is 18.8 Å². The summed E-state index contributed by atoms with van der Waals surface area (Å²) in [4.78, 5) is 9.78. The highest BCUT2D eigenvalue weighted by molar-refractivity contribution is 7.93. The lowest BCUT2D eigenvalue weighted by molar-refractivity contribution is -0.0429. The number of halogens is 4.